The minimum Gasteiger partial charge on any atom is -0.490 e. The number of hydrogen-bond acceptors (Lipinski definition) is 6. The molecule has 3 rings (SSSR count). The molecule has 0 bridgehead atoms. The van der Waals surface area contributed by atoms with Crippen molar-refractivity contribution in [1.29, 1.82) is 0 Å². The monoisotopic (exact) mass is 524 g/mol. The fraction of sp³-hybridized carbons (Fsp3) is 0.150. The van der Waals surface area contributed by atoms with Crippen molar-refractivity contribution in [3.63, 3.8) is 0 Å². The zero-order valence-electron chi connectivity index (χ0n) is 15.3. The third-order valence-corrected chi connectivity index (χ3v) is 5.46. The third kappa shape index (κ3) is 5.73. The standard InChI is InChI=1S/C20H17IN2O5S/c1-2-27-16-9-12(7-8-15(16)28-11-18(24)25)10-17-19(26)23-20(29-17)22-14-6-4-3-5-13(14)21/h3-10H,2,11H2,1H3,(H,24,25)(H,22,23,26)/b17-10+. The van der Waals surface area contributed by atoms with Crippen LogP contribution in [0.5, 0.6) is 11.5 Å². The van der Waals surface area contributed by atoms with Crippen LogP contribution in [0, 0.1) is 3.57 Å². The Morgan fingerprint density at radius 1 is 1.24 bits per heavy atom. The second kappa shape index (κ2) is 9.79. The highest BCUT2D eigenvalue weighted by molar-refractivity contribution is 14.1. The minimum atomic E-state index is -1.07. The van der Waals surface area contributed by atoms with E-state index in [1.54, 1.807) is 24.3 Å². The number of carboxylic acids is 1. The van der Waals surface area contributed by atoms with Crippen LogP contribution in [-0.2, 0) is 9.59 Å². The predicted octanol–water partition coefficient (Wildman–Crippen LogP) is 4.04. The van der Waals surface area contributed by atoms with E-state index in [-0.39, 0.29) is 5.91 Å². The number of halogens is 1. The highest BCUT2D eigenvalue weighted by Crippen LogP contribution is 2.33. The molecule has 9 heteroatoms. The molecule has 0 spiro atoms. The molecule has 0 aromatic heterocycles. The number of amidine groups is 1. The van der Waals surface area contributed by atoms with Gasteiger partial charge in [-0.2, -0.15) is 0 Å². The quantitative estimate of drug-likeness (QED) is 0.419. The molecule has 1 fully saturated rings. The molecule has 0 saturated carbocycles. The Bertz CT molecular complexity index is 1010. The molecule has 150 valence electrons. The zero-order valence-corrected chi connectivity index (χ0v) is 18.3. The number of carboxylic acid groups (broad SMARTS) is 1. The minimum absolute atomic E-state index is 0.233. The fourth-order valence-corrected chi connectivity index (χ4v) is 3.77. The zero-order chi connectivity index (χ0) is 20.8. The van der Waals surface area contributed by atoms with Crippen molar-refractivity contribution >= 4 is 63.2 Å². The molecule has 0 atom stereocenters. The van der Waals surface area contributed by atoms with Crippen molar-refractivity contribution in [3.05, 3.63) is 56.5 Å². The third-order valence-electron chi connectivity index (χ3n) is 3.64. The number of benzene rings is 2. The first-order valence-electron chi connectivity index (χ1n) is 8.62. The van der Waals surface area contributed by atoms with Crippen LogP contribution in [-0.4, -0.2) is 35.4 Å². The van der Waals surface area contributed by atoms with Crippen molar-refractivity contribution in [2.24, 2.45) is 4.99 Å². The maximum Gasteiger partial charge on any atom is 0.341 e. The number of para-hydroxylation sites is 1. The van der Waals surface area contributed by atoms with E-state index in [4.69, 9.17) is 14.6 Å². The smallest absolute Gasteiger partial charge is 0.341 e. The topological polar surface area (TPSA) is 97.2 Å². The number of hydrogen-bond donors (Lipinski definition) is 2. The van der Waals surface area contributed by atoms with E-state index in [0.717, 1.165) is 14.8 Å². The summed E-state index contributed by atoms with van der Waals surface area (Å²) in [5.41, 5.74) is 1.51. The first-order chi connectivity index (χ1) is 14.0. The number of aliphatic carboxylic acids is 1. The van der Waals surface area contributed by atoms with Crippen molar-refractivity contribution in [2.75, 3.05) is 13.2 Å². The molecule has 29 heavy (non-hydrogen) atoms. The van der Waals surface area contributed by atoms with E-state index in [0.29, 0.717) is 28.2 Å². The van der Waals surface area contributed by atoms with Gasteiger partial charge in [0, 0.05) is 3.57 Å². The van der Waals surface area contributed by atoms with Gasteiger partial charge in [0.2, 0.25) is 0 Å². The number of nitrogens with one attached hydrogen (secondary N) is 1. The number of amides is 1. The highest BCUT2D eigenvalue weighted by atomic mass is 127. The van der Waals surface area contributed by atoms with E-state index in [9.17, 15) is 9.59 Å². The molecule has 0 aliphatic carbocycles. The van der Waals surface area contributed by atoms with Gasteiger partial charge in [0.1, 0.15) is 0 Å². The molecule has 2 aromatic carbocycles. The van der Waals surface area contributed by atoms with Gasteiger partial charge in [-0.25, -0.2) is 9.79 Å². The van der Waals surface area contributed by atoms with Gasteiger partial charge in [-0.1, -0.05) is 18.2 Å². The summed E-state index contributed by atoms with van der Waals surface area (Å²) in [6.45, 7) is 1.75. The van der Waals surface area contributed by atoms with Gasteiger partial charge in [0.05, 0.1) is 17.2 Å². The molecule has 1 saturated heterocycles. The molecular weight excluding hydrogens is 507 g/mol. The van der Waals surface area contributed by atoms with Gasteiger partial charge in [-0.3, -0.25) is 4.79 Å². The van der Waals surface area contributed by atoms with Crippen LogP contribution in [0.2, 0.25) is 0 Å². The van der Waals surface area contributed by atoms with Crippen LogP contribution in [0.15, 0.2) is 52.4 Å². The molecule has 2 N–H and O–H groups in total. The van der Waals surface area contributed by atoms with Crippen molar-refractivity contribution < 1.29 is 24.2 Å². The lowest BCUT2D eigenvalue weighted by atomic mass is 10.2. The van der Waals surface area contributed by atoms with Gasteiger partial charge < -0.3 is 19.9 Å². The summed E-state index contributed by atoms with van der Waals surface area (Å²) < 4.78 is 11.8. The van der Waals surface area contributed by atoms with Crippen LogP contribution in [0.4, 0.5) is 5.69 Å². The summed E-state index contributed by atoms with van der Waals surface area (Å²) in [4.78, 5) is 28.0. The van der Waals surface area contributed by atoms with E-state index in [1.807, 2.05) is 31.2 Å². The first kappa shape index (κ1) is 21.2. The van der Waals surface area contributed by atoms with Gasteiger partial charge in [0.15, 0.2) is 23.3 Å². The lowest BCUT2D eigenvalue weighted by Crippen LogP contribution is -2.19. The van der Waals surface area contributed by atoms with E-state index < -0.39 is 12.6 Å². The summed E-state index contributed by atoms with van der Waals surface area (Å²) in [6.07, 6.45) is 1.72. The molecular formula is C20H17IN2O5S. The average Bonchev–Trinajstić information content (AvgIpc) is 3.02. The number of thioether (sulfide) groups is 1. The van der Waals surface area contributed by atoms with Gasteiger partial charge >= 0.3 is 5.97 Å². The molecule has 0 radical (unpaired) electrons. The normalized spacial score (nSPS) is 16.1. The number of aliphatic imine (C=N–C) groups is 1. The first-order valence-corrected chi connectivity index (χ1v) is 10.5. The summed E-state index contributed by atoms with van der Waals surface area (Å²) in [6, 6.07) is 12.7. The number of carbonyl (C=O) groups is 2. The van der Waals surface area contributed by atoms with Crippen molar-refractivity contribution in [2.45, 2.75) is 6.92 Å². The maximum absolute atomic E-state index is 12.3. The van der Waals surface area contributed by atoms with Crippen LogP contribution >= 0.6 is 34.4 Å². The van der Waals surface area contributed by atoms with Crippen molar-refractivity contribution in [1.82, 2.24) is 5.32 Å². The predicted molar refractivity (Wildman–Crippen MR) is 121 cm³/mol. The molecule has 0 unspecified atom stereocenters. The second-order valence-corrected chi connectivity index (χ2v) is 7.95. The van der Waals surface area contributed by atoms with Crippen LogP contribution in [0.25, 0.3) is 6.08 Å². The lowest BCUT2D eigenvalue weighted by molar-refractivity contribution is -0.139. The van der Waals surface area contributed by atoms with Crippen LogP contribution in [0.3, 0.4) is 0 Å². The van der Waals surface area contributed by atoms with Gasteiger partial charge in [-0.15, -0.1) is 0 Å². The molecule has 1 amide bonds. The maximum atomic E-state index is 12.3. The summed E-state index contributed by atoms with van der Waals surface area (Å²) in [5, 5.41) is 12.1. The fourth-order valence-electron chi connectivity index (χ4n) is 2.43. The molecule has 1 aliphatic heterocycles. The average molecular weight is 524 g/mol. The number of nitrogens with zero attached hydrogens (tertiary/aromatic N) is 1. The molecule has 1 heterocycles. The van der Waals surface area contributed by atoms with Crippen LogP contribution < -0.4 is 14.8 Å². The summed E-state index contributed by atoms with van der Waals surface area (Å²) >= 11 is 3.45. The van der Waals surface area contributed by atoms with Crippen molar-refractivity contribution in [3.8, 4) is 11.5 Å². The Labute approximate surface area is 185 Å². The Kier molecular flexibility index (Phi) is 7.15. The molecule has 2 aromatic rings. The lowest BCUT2D eigenvalue weighted by Gasteiger charge is -2.11. The highest BCUT2D eigenvalue weighted by Gasteiger charge is 2.24. The SMILES string of the molecule is CCOc1cc(/C=C2/SC(=Nc3ccccc3I)NC2=O)ccc1OCC(=O)O. The van der Waals surface area contributed by atoms with Crippen LogP contribution in [0.1, 0.15) is 12.5 Å². The molecule has 7 nitrogen and oxygen atoms in total. The number of ether oxygens (including phenoxy) is 2. The Morgan fingerprint density at radius 3 is 2.76 bits per heavy atom. The largest absolute Gasteiger partial charge is 0.490 e. The molecule has 1 aliphatic rings. The summed E-state index contributed by atoms with van der Waals surface area (Å²) in [7, 11) is 0. The Balaban J connectivity index is 1.82. The Hall–Kier alpha value is -2.53. The van der Waals surface area contributed by atoms with Gasteiger partial charge in [0.25, 0.3) is 5.91 Å². The van der Waals surface area contributed by atoms with E-state index in [1.165, 1.54) is 11.8 Å². The van der Waals surface area contributed by atoms with E-state index >= 15 is 0 Å². The summed E-state index contributed by atoms with van der Waals surface area (Å²) in [5.74, 6) is -0.554. The van der Waals surface area contributed by atoms with Gasteiger partial charge in [-0.05, 0) is 77.2 Å². The Morgan fingerprint density at radius 2 is 2.03 bits per heavy atom. The van der Waals surface area contributed by atoms with E-state index in [2.05, 4.69) is 32.9 Å². The number of rotatable bonds is 7. The second-order valence-electron chi connectivity index (χ2n) is 5.75. The number of carbonyl (C=O) groups excluding carboxylic acids is 1.